The molecule has 2 aromatic carbocycles. The van der Waals surface area contributed by atoms with Gasteiger partial charge < -0.3 is 9.47 Å². The fourth-order valence-corrected chi connectivity index (χ4v) is 2.92. The Balaban J connectivity index is 1.74. The minimum absolute atomic E-state index is 0.0729. The number of rotatable bonds is 2. The van der Waals surface area contributed by atoms with E-state index in [2.05, 4.69) is 0 Å². The van der Waals surface area contributed by atoms with Crippen molar-refractivity contribution >= 4 is 23.2 Å². The Morgan fingerprint density at radius 2 is 1.78 bits per heavy atom. The maximum Gasteiger partial charge on any atom is 0.349 e. The van der Waals surface area contributed by atoms with Crippen molar-refractivity contribution in [3.63, 3.8) is 0 Å². The van der Waals surface area contributed by atoms with Crippen molar-refractivity contribution in [2.24, 2.45) is 0 Å². The van der Waals surface area contributed by atoms with Gasteiger partial charge in [-0.3, -0.25) is 9.69 Å². The lowest BCUT2D eigenvalue weighted by Gasteiger charge is -2.46. The predicted molar refractivity (Wildman–Crippen MR) is 79.2 cm³/mol. The zero-order chi connectivity index (χ0) is 16.2. The van der Waals surface area contributed by atoms with Crippen LogP contribution in [0.15, 0.2) is 42.5 Å². The summed E-state index contributed by atoms with van der Waals surface area (Å²) in [5.41, 5.74) is 0.654. The van der Waals surface area contributed by atoms with Crippen LogP contribution in [0, 0.1) is 0 Å². The van der Waals surface area contributed by atoms with Gasteiger partial charge in [0.25, 0.3) is 0 Å². The van der Waals surface area contributed by atoms with E-state index >= 15 is 0 Å². The first-order valence-electron chi connectivity index (χ1n) is 6.85. The SMILES string of the molecule is O=C1N(c2ccc3c(c2)OCO3)[C@H](c2ccc(Cl)cc2)C1(F)F. The highest BCUT2D eigenvalue weighted by Gasteiger charge is 2.64. The van der Waals surface area contributed by atoms with E-state index in [0.29, 0.717) is 27.8 Å². The summed E-state index contributed by atoms with van der Waals surface area (Å²) >= 11 is 5.80. The van der Waals surface area contributed by atoms with Crippen LogP contribution in [-0.4, -0.2) is 18.6 Å². The van der Waals surface area contributed by atoms with Gasteiger partial charge in [-0.2, -0.15) is 8.78 Å². The predicted octanol–water partition coefficient (Wildman–Crippen LogP) is 3.79. The first-order chi connectivity index (χ1) is 11.0. The minimum Gasteiger partial charge on any atom is -0.454 e. The maximum atomic E-state index is 14.1. The molecule has 1 amide bonds. The number of hydrogen-bond acceptors (Lipinski definition) is 3. The summed E-state index contributed by atoms with van der Waals surface area (Å²) in [5, 5.41) is 0.442. The highest BCUT2D eigenvalue weighted by Crippen LogP contribution is 2.51. The molecule has 0 bridgehead atoms. The van der Waals surface area contributed by atoms with Crippen LogP contribution < -0.4 is 14.4 Å². The molecule has 2 heterocycles. The number of carbonyl (C=O) groups excluding carboxylic acids is 1. The Labute approximate surface area is 135 Å². The molecular formula is C16H10ClF2NO3. The van der Waals surface area contributed by atoms with Crippen LogP contribution in [0.1, 0.15) is 11.6 Å². The van der Waals surface area contributed by atoms with Gasteiger partial charge in [0.15, 0.2) is 11.5 Å². The first-order valence-corrected chi connectivity index (χ1v) is 7.23. The second kappa shape index (κ2) is 4.83. The van der Waals surface area contributed by atoms with Crippen LogP contribution in [0.2, 0.25) is 5.02 Å². The number of carbonyl (C=O) groups is 1. The fourth-order valence-electron chi connectivity index (χ4n) is 2.80. The molecule has 1 atom stereocenters. The number of ether oxygens (including phenoxy) is 2. The van der Waals surface area contributed by atoms with Crippen LogP contribution >= 0.6 is 11.6 Å². The van der Waals surface area contributed by atoms with E-state index in [4.69, 9.17) is 21.1 Å². The zero-order valence-corrected chi connectivity index (χ0v) is 12.4. The molecule has 4 rings (SSSR count). The second-order valence-electron chi connectivity index (χ2n) is 5.29. The van der Waals surface area contributed by atoms with Gasteiger partial charge in [-0.15, -0.1) is 0 Å². The van der Waals surface area contributed by atoms with Gasteiger partial charge in [-0.25, -0.2) is 0 Å². The zero-order valence-electron chi connectivity index (χ0n) is 11.6. The number of β-lactam (4-membered cyclic amide) rings is 1. The van der Waals surface area contributed by atoms with Gasteiger partial charge in [0.2, 0.25) is 6.79 Å². The number of amides is 1. The average Bonchev–Trinajstić information content (AvgIpc) is 3.00. The third-order valence-corrected chi connectivity index (χ3v) is 4.18. The van der Waals surface area contributed by atoms with Crippen molar-refractivity contribution < 1.29 is 23.0 Å². The lowest BCUT2D eigenvalue weighted by molar-refractivity contribution is -0.162. The summed E-state index contributed by atoms with van der Waals surface area (Å²) in [6, 6.07) is 9.34. The van der Waals surface area contributed by atoms with E-state index in [1.54, 1.807) is 12.1 Å². The molecule has 1 fully saturated rings. The van der Waals surface area contributed by atoms with E-state index in [0.717, 1.165) is 4.90 Å². The third kappa shape index (κ3) is 2.05. The van der Waals surface area contributed by atoms with E-state index in [1.165, 1.54) is 30.3 Å². The lowest BCUT2D eigenvalue weighted by atomic mass is 9.89. The maximum absolute atomic E-state index is 14.1. The quantitative estimate of drug-likeness (QED) is 0.783. The topological polar surface area (TPSA) is 38.8 Å². The van der Waals surface area contributed by atoms with Gasteiger partial charge in [0.1, 0.15) is 6.04 Å². The number of alkyl halides is 2. The number of benzene rings is 2. The van der Waals surface area contributed by atoms with Crippen molar-refractivity contribution in [2.45, 2.75) is 12.0 Å². The van der Waals surface area contributed by atoms with Crippen LogP contribution in [0.4, 0.5) is 14.5 Å². The van der Waals surface area contributed by atoms with Crippen LogP contribution in [0.3, 0.4) is 0 Å². The Morgan fingerprint density at radius 1 is 1.09 bits per heavy atom. The number of fused-ring (bicyclic) bond motifs is 1. The molecule has 7 heteroatoms. The number of anilines is 1. The molecular weight excluding hydrogens is 328 g/mol. The molecule has 2 aliphatic heterocycles. The van der Waals surface area contributed by atoms with E-state index in [1.807, 2.05) is 0 Å². The lowest BCUT2D eigenvalue weighted by Crippen LogP contribution is -2.64. The smallest absolute Gasteiger partial charge is 0.349 e. The Morgan fingerprint density at radius 3 is 2.52 bits per heavy atom. The Hall–Kier alpha value is -2.34. The van der Waals surface area contributed by atoms with Gasteiger partial charge in [0, 0.05) is 16.8 Å². The molecule has 0 saturated carbocycles. The molecule has 0 spiro atoms. The molecule has 2 aromatic rings. The van der Waals surface area contributed by atoms with Crippen LogP contribution in [0.25, 0.3) is 0 Å². The van der Waals surface area contributed by atoms with Gasteiger partial charge in [-0.1, -0.05) is 23.7 Å². The van der Waals surface area contributed by atoms with Gasteiger partial charge >= 0.3 is 11.8 Å². The normalized spacial score (nSPS) is 21.3. The Kier molecular flexibility index (Phi) is 2.99. The highest BCUT2D eigenvalue weighted by molar-refractivity contribution is 6.30. The third-order valence-electron chi connectivity index (χ3n) is 3.93. The molecule has 0 aromatic heterocycles. The van der Waals surface area contributed by atoms with E-state index in [-0.39, 0.29) is 6.79 Å². The average molecular weight is 338 g/mol. The first kappa shape index (κ1) is 14.3. The van der Waals surface area contributed by atoms with E-state index in [9.17, 15) is 13.6 Å². The largest absolute Gasteiger partial charge is 0.454 e. The second-order valence-corrected chi connectivity index (χ2v) is 5.73. The Bertz CT molecular complexity index is 794. The summed E-state index contributed by atoms with van der Waals surface area (Å²) < 4.78 is 38.6. The summed E-state index contributed by atoms with van der Waals surface area (Å²) in [4.78, 5) is 13.0. The monoisotopic (exact) mass is 337 g/mol. The fraction of sp³-hybridized carbons (Fsp3) is 0.188. The highest BCUT2D eigenvalue weighted by atomic mass is 35.5. The summed E-state index contributed by atoms with van der Waals surface area (Å²) in [6.45, 7) is 0.0729. The van der Waals surface area contributed by atoms with Crippen molar-refractivity contribution in [2.75, 3.05) is 11.7 Å². The van der Waals surface area contributed by atoms with Crippen molar-refractivity contribution in [1.29, 1.82) is 0 Å². The van der Waals surface area contributed by atoms with Crippen molar-refractivity contribution in [1.82, 2.24) is 0 Å². The number of halogens is 3. The molecule has 23 heavy (non-hydrogen) atoms. The van der Waals surface area contributed by atoms with Crippen molar-refractivity contribution in [3.05, 3.63) is 53.1 Å². The summed E-state index contributed by atoms with van der Waals surface area (Å²) in [6.07, 6.45) is 0. The standard InChI is InChI=1S/C16H10ClF2NO3/c17-10-3-1-9(2-4-10)14-16(18,19)15(21)20(14)11-5-6-12-13(7-11)23-8-22-12/h1-7,14H,8H2/t14-/m1/s1. The molecule has 0 aliphatic carbocycles. The van der Waals surface area contributed by atoms with Crippen LogP contribution in [-0.2, 0) is 4.79 Å². The molecule has 2 aliphatic rings. The number of hydrogen-bond donors (Lipinski definition) is 0. The molecule has 118 valence electrons. The van der Waals surface area contributed by atoms with Crippen LogP contribution in [0.5, 0.6) is 11.5 Å². The summed E-state index contributed by atoms with van der Waals surface area (Å²) in [5.74, 6) is -3.74. The molecule has 0 radical (unpaired) electrons. The van der Waals surface area contributed by atoms with E-state index < -0.39 is 17.9 Å². The molecule has 0 unspecified atom stereocenters. The molecule has 1 saturated heterocycles. The minimum atomic E-state index is -3.45. The van der Waals surface area contributed by atoms with Gasteiger partial charge in [-0.05, 0) is 29.8 Å². The molecule has 0 N–H and O–H groups in total. The summed E-state index contributed by atoms with van der Waals surface area (Å²) in [7, 11) is 0. The molecule has 4 nitrogen and oxygen atoms in total. The van der Waals surface area contributed by atoms with Gasteiger partial charge in [0.05, 0.1) is 0 Å². The number of nitrogens with zero attached hydrogens (tertiary/aromatic N) is 1. The van der Waals surface area contributed by atoms with Crippen molar-refractivity contribution in [3.8, 4) is 11.5 Å².